The monoisotopic (exact) mass is 324 g/mol. The van der Waals surface area contributed by atoms with Gasteiger partial charge < -0.3 is 10.1 Å². The lowest BCUT2D eigenvalue weighted by Crippen LogP contribution is -2.29. The van der Waals surface area contributed by atoms with Crippen LogP contribution in [0.3, 0.4) is 0 Å². The zero-order valence-electron chi connectivity index (χ0n) is 13.3. The van der Waals surface area contributed by atoms with Crippen molar-refractivity contribution < 1.29 is 19.1 Å². The number of carbonyl (C=O) groups is 3. The predicted octanol–water partition coefficient (Wildman–Crippen LogP) is 1.85. The number of hydrogen-bond acceptors (Lipinski definition) is 4. The summed E-state index contributed by atoms with van der Waals surface area (Å²) in [5.74, 6) is -0.516. The first kappa shape index (κ1) is 15.7. The summed E-state index contributed by atoms with van der Waals surface area (Å²) in [6, 6.07) is 11.7. The van der Waals surface area contributed by atoms with Gasteiger partial charge in [-0.05, 0) is 29.8 Å². The highest BCUT2D eigenvalue weighted by molar-refractivity contribution is 6.21. The summed E-state index contributed by atoms with van der Waals surface area (Å²) in [6.45, 7) is 0.0976. The molecule has 122 valence electrons. The van der Waals surface area contributed by atoms with Crippen LogP contribution in [-0.2, 0) is 6.54 Å². The van der Waals surface area contributed by atoms with Gasteiger partial charge in [-0.15, -0.1) is 0 Å². The van der Waals surface area contributed by atoms with Crippen LogP contribution >= 0.6 is 0 Å². The van der Waals surface area contributed by atoms with Crippen LogP contribution in [0.5, 0.6) is 5.75 Å². The summed E-state index contributed by atoms with van der Waals surface area (Å²) in [5.41, 5.74) is 1.84. The molecule has 0 aliphatic carbocycles. The minimum Gasteiger partial charge on any atom is -0.496 e. The van der Waals surface area contributed by atoms with Crippen molar-refractivity contribution in [3.63, 3.8) is 0 Å². The second-order valence-corrected chi connectivity index (χ2v) is 5.36. The number of hydrogen-bond donors (Lipinski definition) is 1. The van der Waals surface area contributed by atoms with E-state index in [1.54, 1.807) is 42.5 Å². The standard InChI is InChI=1S/C18H16N2O4/c1-19-16(21)14-9-11(7-8-15(14)24-2)10-20-17(22)12-5-3-4-6-13(12)18(20)23/h3-9H,10H2,1-2H3,(H,19,21). The van der Waals surface area contributed by atoms with Gasteiger partial charge in [0, 0.05) is 7.05 Å². The molecule has 0 saturated heterocycles. The molecule has 0 atom stereocenters. The van der Waals surface area contributed by atoms with Crippen LogP contribution in [0.4, 0.5) is 0 Å². The molecular weight excluding hydrogens is 308 g/mol. The minimum absolute atomic E-state index is 0.0976. The van der Waals surface area contributed by atoms with Crippen molar-refractivity contribution in [2.45, 2.75) is 6.54 Å². The van der Waals surface area contributed by atoms with Gasteiger partial charge >= 0.3 is 0 Å². The zero-order chi connectivity index (χ0) is 17.3. The first-order chi connectivity index (χ1) is 11.6. The molecule has 0 saturated carbocycles. The van der Waals surface area contributed by atoms with E-state index in [1.807, 2.05) is 0 Å². The van der Waals surface area contributed by atoms with Gasteiger partial charge in [0.1, 0.15) is 5.75 Å². The fourth-order valence-electron chi connectivity index (χ4n) is 2.73. The Bertz CT molecular complexity index is 810. The Labute approximate surface area is 139 Å². The van der Waals surface area contributed by atoms with E-state index in [9.17, 15) is 14.4 Å². The summed E-state index contributed by atoms with van der Waals surface area (Å²) in [5, 5.41) is 2.54. The topological polar surface area (TPSA) is 75.7 Å². The minimum atomic E-state index is -0.326. The molecule has 24 heavy (non-hydrogen) atoms. The average Bonchev–Trinajstić information content (AvgIpc) is 2.86. The fraction of sp³-hybridized carbons (Fsp3) is 0.167. The molecule has 0 fully saturated rings. The normalized spacial score (nSPS) is 13.0. The van der Waals surface area contributed by atoms with Gasteiger partial charge in [-0.2, -0.15) is 0 Å². The molecule has 1 heterocycles. The third-order valence-corrected chi connectivity index (χ3v) is 3.95. The second kappa shape index (κ2) is 6.16. The first-order valence-corrected chi connectivity index (χ1v) is 7.41. The van der Waals surface area contributed by atoms with E-state index >= 15 is 0 Å². The molecule has 2 aromatic rings. The smallest absolute Gasteiger partial charge is 0.261 e. The van der Waals surface area contributed by atoms with Crippen LogP contribution in [-0.4, -0.2) is 36.8 Å². The van der Waals surface area contributed by atoms with Gasteiger partial charge in [-0.1, -0.05) is 18.2 Å². The van der Waals surface area contributed by atoms with E-state index in [0.717, 1.165) is 0 Å². The molecule has 6 heteroatoms. The largest absolute Gasteiger partial charge is 0.496 e. The van der Waals surface area contributed by atoms with Crippen molar-refractivity contribution in [2.75, 3.05) is 14.2 Å². The van der Waals surface area contributed by atoms with Crippen molar-refractivity contribution in [1.82, 2.24) is 10.2 Å². The molecular formula is C18H16N2O4. The molecule has 1 aliphatic heterocycles. The molecule has 0 unspecified atom stereocenters. The van der Waals surface area contributed by atoms with Crippen LogP contribution in [0.25, 0.3) is 0 Å². The number of amides is 3. The highest BCUT2D eigenvalue weighted by Crippen LogP contribution is 2.26. The van der Waals surface area contributed by atoms with Crippen molar-refractivity contribution in [1.29, 1.82) is 0 Å². The highest BCUT2D eigenvalue weighted by Gasteiger charge is 2.35. The van der Waals surface area contributed by atoms with Gasteiger partial charge in [0.2, 0.25) is 0 Å². The van der Waals surface area contributed by atoms with Crippen molar-refractivity contribution in [2.24, 2.45) is 0 Å². The number of methoxy groups -OCH3 is 1. The Kier molecular flexibility index (Phi) is 4.04. The van der Waals surface area contributed by atoms with E-state index in [2.05, 4.69) is 5.32 Å². The fourth-order valence-corrected chi connectivity index (χ4v) is 2.73. The molecule has 0 bridgehead atoms. The first-order valence-electron chi connectivity index (χ1n) is 7.41. The Balaban J connectivity index is 1.91. The Morgan fingerprint density at radius 1 is 1.08 bits per heavy atom. The summed E-state index contributed by atoms with van der Waals surface area (Å²) in [7, 11) is 3.00. The molecule has 0 radical (unpaired) electrons. The van der Waals surface area contributed by atoms with Crippen molar-refractivity contribution in [3.8, 4) is 5.75 Å². The number of fused-ring (bicyclic) bond motifs is 1. The Morgan fingerprint density at radius 2 is 1.71 bits per heavy atom. The van der Waals surface area contributed by atoms with Crippen LogP contribution in [0.1, 0.15) is 36.6 Å². The Morgan fingerprint density at radius 3 is 2.25 bits per heavy atom. The molecule has 6 nitrogen and oxygen atoms in total. The number of imide groups is 1. The van der Waals surface area contributed by atoms with Gasteiger partial charge in [0.25, 0.3) is 17.7 Å². The number of benzene rings is 2. The van der Waals surface area contributed by atoms with Crippen molar-refractivity contribution >= 4 is 17.7 Å². The number of nitrogens with zero attached hydrogens (tertiary/aromatic N) is 1. The van der Waals surface area contributed by atoms with E-state index in [4.69, 9.17) is 4.74 Å². The highest BCUT2D eigenvalue weighted by atomic mass is 16.5. The summed E-state index contributed by atoms with van der Waals surface area (Å²) >= 11 is 0. The SMILES string of the molecule is CNC(=O)c1cc(CN2C(=O)c3ccccc3C2=O)ccc1OC. The maximum Gasteiger partial charge on any atom is 0.261 e. The molecule has 1 aliphatic rings. The zero-order valence-corrected chi connectivity index (χ0v) is 13.3. The molecule has 3 amide bonds. The summed E-state index contributed by atoms with van der Waals surface area (Å²) in [6.07, 6.45) is 0. The number of ether oxygens (including phenoxy) is 1. The maximum absolute atomic E-state index is 12.4. The van der Waals surface area contributed by atoms with E-state index in [-0.39, 0.29) is 24.3 Å². The Hall–Kier alpha value is -3.15. The average molecular weight is 324 g/mol. The third-order valence-electron chi connectivity index (χ3n) is 3.95. The van der Waals surface area contributed by atoms with Crippen LogP contribution in [0.2, 0.25) is 0 Å². The molecule has 0 aromatic heterocycles. The number of rotatable bonds is 4. The number of carbonyl (C=O) groups excluding carboxylic acids is 3. The van der Waals surface area contributed by atoms with Gasteiger partial charge in [-0.25, -0.2) is 0 Å². The van der Waals surface area contributed by atoms with E-state index < -0.39 is 0 Å². The van der Waals surface area contributed by atoms with Crippen LogP contribution < -0.4 is 10.1 Å². The van der Waals surface area contributed by atoms with Crippen LogP contribution in [0, 0.1) is 0 Å². The van der Waals surface area contributed by atoms with Crippen molar-refractivity contribution in [3.05, 3.63) is 64.7 Å². The predicted molar refractivity (Wildman–Crippen MR) is 87.0 cm³/mol. The molecule has 3 rings (SSSR count). The van der Waals surface area contributed by atoms with E-state index in [0.29, 0.717) is 28.0 Å². The second-order valence-electron chi connectivity index (χ2n) is 5.36. The quantitative estimate of drug-likeness (QED) is 0.871. The molecule has 0 spiro atoms. The van der Waals surface area contributed by atoms with Crippen LogP contribution in [0.15, 0.2) is 42.5 Å². The summed E-state index contributed by atoms with van der Waals surface area (Å²) in [4.78, 5) is 38.0. The lowest BCUT2D eigenvalue weighted by Gasteiger charge is -2.15. The van der Waals surface area contributed by atoms with Gasteiger partial charge in [-0.3, -0.25) is 19.3 Å². The van der Waals surface area contributed by atoms with Gasteiger partial charge in [0.05, 0.1) is 30.3 Å². The lowest BCUT2D eigenvalue weighted by molar-refractivity contribution is 0.0642. The van der Waals surface area contributed by atoms with E-state index in [1.165, 1.54) is 19.1 Å². The maximum atomic E-state index is 12.4. The number of nitrogens with one attached hydrogen (secondary N) is 1. The lowest BCUT2D eigenvalue weighted by atomic mass is 10.1. The third kappa shape index (κ3) is 2.52. The van der Waals surface area contributed by atoms with Gasteiger partial charge in [0.15, 0.2) is 0 Å². The molecule has 1 N–H and O–H groups in total. The summed E-state index contributed by atoms with van der Waals surface area (Å²) < 4.78 is 5.18. The molecule has 2 aromatic carbocycles.